The van der Waals surface area contributed by atoms with Crippen LogP contribution < -0.4 is 10.6 Å². The Morgan fingerprint density at radius 1 is 1.36 bits per heavy atom. The molecule has 2 atom stereocenters. The van der Waals surface area contributed by atoms with Gasteiger partial charge in [0.05, 0.1) is 6.54 Å². The summed E-state index contributed by atoms with van der Waals surface area (Å²) in [4.78, 5) is 17.6. The Morgan fingerprint density at radius 3 is 2.64 bits per heavy atom. The largest absolute Gasteiger partial charge is 0.481 e. The van der Waals surface area contributed by atoms with Crippen LogP contribution in [0.25, 0.3) is 0 Å². The fourth-order valence-electron chi connectivity index (χ4n) is 2.94. The molecule has 7 nitrogen and oxygen atoms in total. The number of nitrogens with zero attached hydrogens (tertiary/aromatic N) is 4. The van der Waals surface area contributed by atoms with Crippen molar-refractivity contribution in [2.45, 2.75) is 24.8 Å². The van der Waals surface area contributed by atoms with Crippen molar-refractivity contribution in [1.29, 1.82) is 0 Å². The van der Waals surface area contributed by atoms with Gasteiger partial charge in [-0.3, -0.25) is 4.79 Å². The van der Waals surface area contributed by atoms with E-state index in [9.17, 15) is 9.90 Å². The molecule has 116 valence electrons. The molecule has 2 heterocycles. The van der Waals surface area contributed by atoms with E-state index < -0.39 is 11.9 Å². The molecule has 0 amide bonds. The SMILES string of the molecule is CN(C)c1ccc(C2CC(C(=O)O)c3nc(N)nn3C2)cc1. The molecule has 0 bridgehead atoms. The monoisotopic (exact) mass is 301 g/mol. The molecule has 3 rings (SSSR count). The number of nitrogens with two attached hydrogens (primary N) is 1. The first kappa shape index (κ1) is 14.4. The molecule has 0 spiro atoms. The zero-order chi connectivity index (χ0) is 15.9. The van der Waals surface area contributed by atoms with Crippen molar-refractivity contribution < 1.29 is 9.90 Å². The predicted molar refractivity (Wildman–Crippen MR) is 82.9 cm³/mol. The highest BCUT2D eigenvalue weighted by Crippen LogP contribution is 2.36. The van der Waals surface area contributed by atoms with Gasteiger partial charge in [0.25, 0.3) is 0 Å². The summed E-state index contributed by atoms with van der Waals surface area (Å²) in [5, 5.41) is 13.6. The van der Waals surface area contributed by atoms with Gasteiger partial charge >= 0.3 is 5.97 Å². The number of nitrogen functional groups attached to an aromatic ring is 1. The van der Waals surface area contributed by atoms with Gasteiger partial charge in [0, 0.05) is 25.7 Å². The van der Waals surface area contributed by atoms with Gasteiger partial charge < -0.3 is 15.7 Å². The van der Waals surface area contributed by atoms with Crippen LogP contribution >= 0.6 is 0 Å². The van der Waals surface area contributed by atoms with Crippen LogP contribution in [-0.2, 0) is 11.3 Å². The third-order valence-corrected chi connectivity index (χ3v) is 4.12. The van der Waals surface area contributed by atoms with Crippen molar-refractivity contribution in [2.24, 2.45) is 0 Å². The Labute approximate surface area is 128 Å². The number of benzene rings is 1. The van der Waals surface area contributed by atoms with Crippen LogP contribution in [0.3, 0.4) is 0 Å². The second kappa shape index (κ2) is 5.32. The maximum atomic E-state index is 11.5. The van der Waals surface area contributed by atoms with E-state index in [1.165, 1.54) is 0 Å². The summed E-state index contributed by atoms with van der Waals surface area (Å²) >= 11 is 0. The van der Waals surface area contributed by atoms with Crippen molar-refractivity contribution in [3.63, 3.8) is 0 Å². The van der Waals surface area contributed by atoms with E-state index in [1.807, 2.05) is 43.3 Å². The average molecular weight is 301 g/mol. The van der Waals surface area contributed by atoms with Crippen LogP contribution in [0.5, 0.6) is 0 Å². The molecule has 1 aromatic heterocycles. The maximum Gasteiger partial charge on any atom is 0.314 e. The molecule has 0 saturated carbocycles. The molecule has 22 heavy (non-hydrogen) atoms. The first-order valence-electron chi connectivity index (χ1n) is 7.16. The summed E-state index contributed by atoms with van der Waals surface area (Å²) in [6.07, 6.45) is 0.509. The summed E-state index contributed by atoms with van der Waals surface area (Å²) in [6, 6.07) is 8.17. The fourth-order valence-corrected chi connectivity index (χ4v) is 2.94. The second-order valence-corrected chi connectivity index (χ2v) is 5.82. The van der Waals surface area contributed by atoms with E-state index in [2.05, 4.69) is 10.1 Å². The van der Waals surface area contributed by atoms with Crippen molar-refractivity contribution in [2.75, 3.05) is 24.7 Å². The smallest absolute Gasteiger partial charge is 0.314 e. The van der Waals surface area contributed by atoms with Crippen molar-refractivity contribution in [1.82, 2.24) is 14.8 Å². The molecule has 0 radical (unpaired) electrons. The van der Waals surface area contributed by atoms with Gasteiger partial charge in [0.1, 0.15) is 11.7 Å². The number of carbonyl (C=O) groups is 1. The topological polar surface area (TPSA) is 97.3 Å². The zero-order valence-electron chi connectivity index (χ0n) is 12.6. The Hall–Kier alpha value is -2.57. The molecular formula is C15H19N5O2. The Balaban J connectivity index is 1.91. The standard InChI is InChI=1S/C15H19N5O2/c1-19(2)11-5-3-9(4-6-11)10-7-12(14(21)22)13-17-15(16)18-20(13)8-10/h3-6,10,12H,7-8H2,1-2H3,(H2,16,18)(H,21,22). The molecule has 0 aliphatic carbocycles. The summed E-state index contributed by atoms with van der Waals surface area (Å²) in [5.74, 6) is -0.887. The van der Waals surface area contributed by atoms with Crippen LogP contribution in [-0.4, -0.2) is 39.9 Å². The number of rotatable bonds is 3. The lowest BCUT2D eigenvalue weighted by molar-refractivity contribution is -0.139. The number of carboxylic acids is 1. The van der Waals surface area contributed by atoms with Gasteiger partial charge in [-0.1, -0.05) is 12.1 Å². The minimum atomic E-state index is -0.886. The Kier molecular flexibility index (Phi) is 3.48. The van der Waals surface area contributed by atoms with E-state index >= 15 is 0 Å². The zero-order valence-corrected chi connectivity index (χ0v) is 12.6. The van der Waals surface area contributed by atoms with Gasteiger partial charge in [0.15, 0.2) is 0 Å². The number of fused-ring (bicyclic) bond motifs is 1. The number of carboxylic acid groups (broad SMARTS) is 1. The lowest BCUT2D eigenvalue weighted by Gasteiger charge is -2.27. The molecule has 7 heteroatoms. The summed E-state index contributed by atoms with van der Waals surface area (Å²) in [7, 11) is 3.97. The second-order valence-electron chi connectivity index (χ2n) is 5.82. The summed E-state index contributed by atoms with van der Waals surface area (Å²) in [5.41, 5.74) is 7.84. The normalized spacial score (nSPS) is 20.5. The lowest BCUT2D eigenvalue weighted by Crippen LogP contribution is -2.28. The molecule has 1 aliphatic heterocycles. The van der Waals surface area contributed by atoms with E-state index in [0.29, 0.717) is 18.8 Å². The predicted octanol–water partition coefficient (Wildman–Crippen LogP) is 1.28. The Morgan fingerprint density at radius 2 is 2.05 bits per heavy atom. The minimum absolute atomic E-state index is 0.0888. The quantitative estimate of drug-likeness (QED) is 0.886. The van der Waals surface area contributed by atoms with Gasteiger partial charge in [-0.05, 0) is 24.1 Å². The minimum Gasteiger partial charge on any atom is -0.481 e. The van der Waals surface area contributed by atoms with Crippen LogP contribution in [0.2, 0.25) is 0 Å². The Bertz CT molecular complexity index is 692. The van der Waals surface area contributed by atoms with Crippen molar-refractivity contribution in [3.05, 3.63) is 35.7 Å². The molecular weight excluding hydrogens is 282 g/mol. The third-order valence-electron chi connectivity index (χ3n) is 4.12. The van der Waals surface area contributed by atoms with E-state index in [4.69, 9.17) is 5.73 Å². The van der Waals surface area contributed by atoms with Gasteiger partial charge in [-0.2, -0.15) is 4.98 Å². The first-order chi connectivity index (χ1) is 10.5. The molecule has 2 aromatic rings. The highest BCUT2D eigenvalue weighted by atomic mass is 16.4. The van der Waals surface area contributed by atoms with Crippen molar-refractivity contribution in [3.8, 4) is 0 Å². The van der Waals surface area contributed by atoms with E-state index in [0.717, 1.165) is 11.3 Å². The molecule has 1 aromatic carbocycles. The highest BCUT2D eigenvalue weighted by Gasteiger charge is 2.35. The third kappa shape index (κ3) is 2.49. The first-order valence-corrected chi connectivity index (χ1v) is 7.16. The average Bonchev–Trinajstić information content (AvgIpc) is 2.86. The molecule has 1 aliphatic rings. The number of hydrogen-bond donors (Lipinski definition) is 2. The summed E-state index contributed by atoms with van der Waals surface area (Å²) in [6.45, 7) is 0.602. The van der Waals surface area contributed by atoms with Crippen LogP contribution in [0.15, 0.2) is 24.3 Å². The van der Waals surface area contributed by atoms with Gasteiger partial charge in [-0.15, -0.1) is 5.10 Å². The summed E-state index contributed by atoms with van der Waals surface area (Å²) < 4.78 is 1.63. The number of anilines is 2. The van der Waals surface area contributed by atoms with Crippen LogP contribution in [0.1, 0.15) is 29.6 Å². The van der Waals surface area contributed by atoms with Gasteiger partial charge in [0.2, 0.25) is 5.95 Å². The number of aromatic nitrogens is 3. The molecule has 3 N–H and O–H groups in total. The lowest BCUT2D eigenvalue weighted by atomic mass is 9.85. The fraction of sp³-hybridized carbons (Fsp3) is 0.400. The number of aliphatic carboxylic acids is 1. The maximum absolute atomic E-state index is 11.5. The number of hydrogen-bond acceptors (Lipinski definition) is 5. The molecule has 2 unspecified atom stereocenters. The van der Waals surface area contributed by atoms with E-state index in [-0.39, 0.29) is 11.9 Å². The van der Waals surface area contributed by atoms with E-state index in [1.54, 1.807) is 4.68 Å². The van der Waals surface area contributed by atoms with Crippen molar-refractivity contribution >= 4 is 17.6 Å². The molecule has 0 fully saturated rings. The molecule has 0 saturated heterocycles. The van der Waals surface area contributed by atoms with Crippen LogP contribution in [0, 0.1) is 0 Å². The van der Waals surface area contributed by atoms with Gasteiger partial charge in [-0.25, -0.2) is 4.68 Å². The highest BCUT2D eigenvalue weighted by molar-refractivity contribution is 5.75. The van der Waals surface area contributed by atoms with Crippen LogP contribution in [0.4, 0.5) is 11.6 Å².